The molecule has 13 heteroatoms. The van der Waals surface area contributed by atoms with Crippen LogP contribution in [-0.2, 0) is 40.5 Å². The molecular formula is C27H32N2O11. The first-order valence-corrected chi connectivity index (χ1v) is 13.1. The highest BCUT2D eigenvalue weighted by Crippen LogP contribution is 2.65. The van der Waals surface area contributed by atoms with Crippen LogP contribution in [0.2, 0.25) is 0 Å². The summed E-state index contributed by atoms with van der Waals surface area (Å²) < 4.78 is 16.9. The number of carbonyl (C=O) groups excluding carboxylic acids is 3. The number of hydrogen-bond donors (Lipinski definition) is 5. The Bertz CT molecular complexity index is 1310. The Kier molecular flexibility index (Phi) is 6.79. The Morgan fingerprint density at radius 2 is 1.98 bits per heavy atom. The van der Waals surface area contributed by atoms with Crippen LogP contribution in [0.25, 0.3) is 0 Å². The van der Waals surface area contributed by atoms with E-state index in [4.69, 9.17) is 14.2 Å². The van der Waals surface area contributed by atoms with Crippen molar-refractivity contribution in [2.45, 2.75) is 80.9 Å². The summed E-state index contributed by atoms with van der Waals surface area (Å²) in [4.78, 5) is 50.5. The summed E-state index contributed by atoms with van der Waals surface area (Å²) in [7, 11) is 1.95. The van der Waals surface area contributed by atoms with E-state index in [0.717, 1.165) is 18.1 Å². The lowest BCUT2D eigenvalue weighted by molar-refractivity contribution is -0.175. The molecule has 0 saturated carbocycles. The lowest BCUT2D eigenvalue weighted by Crippen LogP contribution is -2.74. The first-order chi connectivity index (χ1) is 18.8. The average molecular weight is 561 g/mol. The molecule has 0 radical (unpaired) electrons. The molecule has 2 aliphatic heterocycles. The quantitative estimate of drug-likeness (QED) is 0.256. The first-order valence-electron chi connectivity index (χ1n) is 13.1. The van der Waals surface area contributed by atoms with Crippen LogP contribution in [0.1, 0.15) is 44.2 Å². The molecular weight excluding hydrogens is 528 g/mol. The van der Waals surface area contributed by atoms with Gasteiger partial charge >= 0.3 is 17.9 Å². The molecule has 40 heavy (non-hydrogen) atoms. The number of hydrogen-bond acceptors (Lipinski definition) is 11. The van der Waals surface area contributed by atoms with Gasteiger partial charge < -0.3 is 44.9 Å². The summed E-state index contributed by atoms with van der Waals surface area (Å²) in [5.74, 6) is -4.25. The minimum Gasteiger partial charge on any atom is -0.504 e. The van der Waals surface area contributed by atoms with Gasteiger partial charge in [0.1, 0.15) is 17.9 Å². The number of aliphatic hydroxyl groups excluding tert-OH is 1. The molecule has 5 N–H and O–H groups in total. The van der Waals surface area contributed by atoms with E-state index in [9.17, 15) is 39.6 Å². The lowest BCUT2D eigenvalue weighted by atomic mass is 9.50. The Hall–Kier alpha value is -3.68. The molecule has 13 nitrogen and oxygen atoms in total. The standard InChI is InChI=1S/C27H32N2O11/c1-12(30)23(33)28-15(24(34)35)11-19(32)38-13(2)25(36)39-17-6-7-27(37)18-10-14-4-5-16(31)21-20(14)26(27,22(17)40-21)8-9-29(18)3/h4-6,12-13,15,18,22,30-31,37H,7-11H2,1-3H3,(H,28,33)(H,34,35)/t12-,13-,15-,18+,22?,26?,27+/m0/s1. The third kappa shape index (κ3) is 4.11. The molecule has 1 spiro atoms. The van der Waals surface area contributed by atoms with Crippen molar-refractivity contribution in [2.75, 3.05) is 13.6 Å². The van der Waals surface area contributed by atoms with E-state index in [-0.39, 0.29) is 29.7 Å². The summed E-state index contributed by atoms with van der Waals surface area (Å²) in [6.45, 7) is 3.04. The Morgan fingerprint density at radius 1 is 1.25 bits per heavy atom. The van der Waals surface area contributed by atoms with Gasteiger partial charge in [0.15, 0.2) is 23.7 Å². The van der Waals surface area contributed by atoms with Gasteiger partial charge in [-0.1, -0.05) is 6.07 Å². The van der Waals surface area contributed by atoms with Crippen molar-refractivity contribution < 1.29 is 53.8 Å². The van der Waals surface area contributed by atoms with Crippen molar-refractivity contribution in [1.82, 2.24) is 10.2 Å². The first kappa shape index (κ1) is 27.9. The molecule has 1 fully saturated rings. The monoisotopic (exact) mass is 560 g/mol. The van der Waals surface area contributed by atoms with Crippen LogP contribution in [0.3, 0.4) is 0 Å². The largest absolute Gasteiger partial charge is 0.504 e. The van der Waals surface area contributed by atoms with Crippen molar-refractivity contribution >= 4 is 23.8 Å². The predicted molar refractivity (Wildman–Crippen MR) is 134 cm³/mol. The zero-order valence-electron chi connectivity index (χ0n) is 22.2. The number of aliphatic carboxylic acids is 1. The van der Waals surface area contributed by atoms with Crippen LogP contribution < -0.4 is 10.1 Å². The summed E-state index contributed by atoms with van der Waals surface area (Å²) in [5.41, 5.74) is -0.536. The number of ether oxygens (including phenoxy) is 3. The van der Waals surface area contributed by atoms with Gasteiger partial charge in [-0.3, -0.25) is 9.59 Å². The van der Waals surface area contributed by atoms with Gasteiger partial charge in [0.2, 0.25) is 5.91 Å². The topological polar surface area (TPSA) is 192 Å². The van der Waals surface area contributed by atoms with E-state index in [1.54, 1.807) is 12.1 Å². The summed E-state index contributed by atoms with van der Waals surface area (Å²) in [5, 5.41) is 43.3. The van der Waals surface area contributed by atoms with E-state index >= 15 is 0 Å². The molecule has 0 aromatic heterocycles. The fraction of sp³-hybridized carbons (Fsp3) is 0.556. The van der Waals surface area contributed by atoms with Crippen molar-refractivity contribution in [3.05, 3.63) is 35.1 Å². The number of nitrogens with zero attached hydrogens (tertiary/aromatic N) is 1. The number of phenols is 1. The average Bonchev–Trinajstić information content (AvgIpc) is 3.24. The zero-order chi connectivity index (χ0) is 29.1. The minimum absolute atomic E-state index is 0.0779. The van der Waals surface area contributed by atoms with E-state index in [0.29, 0.717) is 19.4 Å². The van der Waals surface area contributed by atoms with Crippen LogP contribution in [0.5, 0.6) is 11.5 Å². The highest BCUT2D eigenvalue weighted by Gasteiger charge is 2.72. The molecule has 2 unspecified atom stereocenters. The number of carbonyl (C=O) groups is 4. The second-order valence-corrected chi connectivity index (χ2v) is 10.9. The molecule has 5 rings (SSSR count). The number of carboxylic acid groups (broad SMARTS) is 1. The SMILES string of the molecule is C[C@H](O)C(=O)N[C@@H](CC(=O)O[C@@H](C)C(=O)OC1=CC[C@@]2(O)[C@H]3Cc4ccc(O)c5c4C2(CCN3C)C1O5)C(=O)O. The van der Waals surface area contributed by atoms with E-state index < -0.39 is 65.6 Å². The van der Waals surface area contributed by atoms with Gasteiger partial charge in [0.25, 0.3) is 0 Å². The molecule has 216 valence electrons. The third-order valence-electron chi connectivity index (χ3n) is 8.58. The normalized spacial score (nSPS) is 30.1. The number of likely N-dealkylation sites (tertiary alicyclic amines) is 1. The number of phenolic OH excluding ortho intramolecular Hbond substituents is 1. The van der Waals surface area contributed by atoms with Crippen LogP contribution in [-0.4, -0.2) is 98.7 Å². The second-order valence-electron chi connectivity index (χ2n) is 10.9. The number of nitrogens with one attached hydrogen (secondary N) is 1. The maximum Gasteiger partial charge on any atom is 0.352 e. The number of carboxylic acids is 1. The van der Waals surface area contributed by atoms with Gasteiger partial charge in [-0.05, 0) is 58.0 Å². The molecule has 1 amide bonds. The summed E-state index contributed by atoms with van der Waals surface area (Å²) in [6.07, 6.45) is -1.84. The maximum atomic E-state index is 13.0. The predicted octanol–water partition coefficient (Wildman–Crippen LogP) is -0.515. The highest BCUT2D eigenvalue weighted by molar-refractivity contribution is 5.89. The van der Waals surface area contributed by atoms with Gasteiger partial charge in [0.05, 0.1) is 17.4 Å². The summed E-state index contributed by atoms with van der Waals surface area (Å²) in [6, 6.07) is 1.48. The van der Waals surface area contributed by atoms with Crippen LogP contribution in [0.4, 0.5) is 0 Å². The van der Waals surface area contributed by atoms with Crippen molar-refractivity contribution in [3.63, 3.8) is 0 Å². The van der Waals surface area contributed by atoms with Crippen LogP contribution in [0.15, 0.2) is 24.0 Å². The molecule has 1 aromatic carbocycles. The maximum absolute atomic E-state index is 13.0. The molecule has 1 saturated heterocycles. The Labute approximate surface area is 229 Å². The molecule has 2 heterocycles. The van der Waals surface area contributed by atoms with Gasteiger partial charge in [-0.2, -0.15) is 0 Å². The van der Waals surface area contributed by atoms with Gasteiger partial charge in [-0.25, -0.2) is 9.59 Å². The molecule has 2 bridgehead atoms. The Balaban J connectivity index is 1.33. The number of benzene rings is 1. The fourth-order valence-electron chi connectivity index (χ4n) is 6.59. The number of piperidine rings is 1. The minimum atomic E-state index is -1.67. The Morgan fingerprint density at radius 3 is 2.65 bits per heavy atom. The van der Waals surface area contributed by atoms with Crippen molar-refractivity contribution in [3.8, 4) is 11.5 Å². The number of aromatic hydroxyl groups is 1. The number of likely N-dealkylation sites (N-methyl/N-ethyl adjacent to an activating group) is 1. The smallest absolute Gasteiger partial charge is 0.352 e. The van der Waals surface area contributed by atoms with E-state index in [1.807, 2.05) is 18.4 Å². The van der Waals surface area contributed by atoms with Crippen LogP contribution >= 0.6 is 0 Å². The lowest BCUT2D eigenvalue weighted by Gasteiger charge is -2.61. The highest BCUT2D eigenvalue weighted by atomic mass is 16.6. The zero-order valence-corrected chi connectivity index (χ0v) is 22.2. The van der Waals surface area contributed by atoms with Gasteiger partial charge in [-0.15, -0.1) is 0 Å². The fourth-order valence-corrected chi connectivity index (χ4v) is 6.59. The number of esters is 2. The van der Waals surface area contributed by atoms with Gasteiger partial charge in [0, 0.05) is 18.0 Å². The molecule has 2 aliphatic carbocycles. The molecule has 4 aliphatic rings. The summed E-state index contributed by atoms with van der Waals surface area (Å²) >= 11 is 0. The van der Waals surface area contributed by atoms with Crippen molar-refractivity contribution in [2.24, 2.45) is 0 Å². The van der Waals surface area contributed by atoms with Crippen LogP contribution in [0, 0.1) is 0 Å². The molecule has 7 atom stereocenters. The number of rotatable bonds is 8. The third-order valence-corrected chi connectivity index (χ3v) is 8.58. The second kappa shape index (κ2) is 9.75. The van der Waals surface area contributed by atoms with E-state index in [1.165, 1.54) is 6.92 Å². The number of amides is 1. The van der Waals surface area contributed by atoms with E-state index in [2.05, 4.69) is 4.90 Å². The number of aliphatic hydroxyl groups is 2. The van der Waals surface area contributed by atoms with Crippen molar-refractivity contribution in [1.29, 1.82) is 0 Å². The molecule has 1 aromatic rings.